The van der Waals surface area contributed by atoms with Gasteiger partial charge in [0.05, 0.1) is 18.9 Å². The molecule has 10 heteroatoms. The Morgan fingerprint density at radius 2 is 1.87 bits per heavy atom. The van der Waals surface area contributed by atoms with Crippen LogP contribution in [0.25, 0.3) is 22.3 Å². The van der Waals surface area contributed by atoms with Gasteiger partial charge in [-0.25, -0.2) is 24.1 Å². The number of aromatic nitrogens is 3. The van der Waals surface area contributed by atoms with Gasteiger partial charge < -0.3 is 24.7 Å². The fourth-order valence-corrected chi connectivity index (χ4v) is 3.33. The summed E-state index contributed by atoms with van der Waals surface area (Å²) in [7, 11) is 3.54. The van der Waals surface area contributed by atoms with Crippen LogP contribution in [0.1, 0.15) is 10.5 Å². The van der Waals surface area contributed by atoms with Gasteiger partial charge in [-0.05, 0) is 18.2 Å². The highest BCUT2D eigenvalue weighted by Crippen LogP contribution is 2.36. The summed E-state index contributed by atoms with van der Waals surface area (Å²) >= 11 is 0. The molecule has 9 nitrogen and oxygen atoms in total. The van der Waals surface area contributed by atoms with Crippen molar-refractivity contribution in [2.24, 2.45) is 0 Å². The van der Waals surface area contributed by atoms with Crippen molar-refractivity contribution in [3.05, 3.63) is 35.8 Å². The van der Waals surface area contributed by atoms with E-state index in [0.29, 0.717) is 43.5 Å². The Morgan fingerprint density at radius 3 is 2.50 bits per heavy atom. The summed E-state index contributed by atoms with van der Waals surface area (Å²) in [5.74, 6) is -1.72. The minimum absolute atomic E-state index is 0.184. The van der Waals surface area contributed by atoms with Crippen molar-refractivity contribution in [2.45, 2.75) is 0 Å². The highest BCUT2D eigenvalue weighted by Gasteiger charge is 2.23. The summed E-state index contributed by atoms with van der Waals surface area (Å²) in [6.45, 7) is 2.21. The number of carboxylic acids is 1. The third-order valence-electron chi connectivity index (χ3n) is 4.83. The van der Waals surface area contributed by atoms with Crippen LogP contribution in [0.5, 0.6) is 5.75 Å². The van der Waals surface area contributed by atoms with Gasteiger partial charge in [0.15, 0.2) is 5.69 Å². The molecule has 0 bridgehead atoms. The fourth-order valence-electron chi connectivity index (χ4n) is 3.33. The molecule has 0 unspecified atom stereocenters. The molecular weight excluding hydrogens is 393 g/mol. The van der Waals surface area contributed by atoms with Crippen LogP contribution in [0, 0.1) is 5.82 Å². The summed E-state index contributed by atoms with van der Waals surface area (Å²) in [6, 6.07) is 5.01. The number of rotatable bonds is 4. The minimum Gasteiger partial charge on any atom is -0.507 e. The van der Waals surface area contributed by atoms with E-state index in [1.54, 1.807) is 19.0 Å². The molecule has 1 aliphatic rings. The van der Waals surface area contributed by atoms with Gasteiger partial charge in [0.25, 0.3) is 0 Å². The number of phenolic OH excluding ortho intramolecular Hbond substituents is 1. The maximum Gasteiger partial charge on any atom is 0.354 e. The molecule has 0 spiro atoms. The van der Waals surface area contributed by atoms with Crippen LogP contribution in [0.2, 0.25) is 0 Å². The van der Waals surface area contributed by atoms with Crippen molar-refractivity contribution < 1.29 is 24.1 Å². The zero-order valence-corrected chi connectivity index (χ0v) is 16.5. The molecule has 0 atom stereocenters. The Kier molecular flexibility index (Phi) is 5.08. The SMILES string of the molecule is CN(C)c1cc(C(=O)O)nc2c(-c3ccc(F)cc3O)nc(N3CCOCC3)nc12. The predicted molar refractivity (Wildman–Crippen MR) is 109 cm³/mol. The van der Waals surface area contributed by atoms with Gasteiger partial charge in [-0.2, -0.15) is 0 Å². The van der Waals surface area contributed by atoms with Crippen LogP contribution in [0.4, 0.5) is 16.0 Å². The number of aromatic hydroxyl groups is 1. The molecule has 3 aromatic rings. The molecule has 4 rings (SSSR count). The second kappa shape index (κ2) is 7.71. The number of pyridine rings is 1. The van der Waals surface area contributed by atoms with E-state index in [9.17, 15) is 19.4 Å². The maximum atomic E-state index is 13.6. The molecule has 0 saturated carbocycles. The maximum absolute atomic E-state index is 13.6. The fraction of sp³-hybridized carbons (Fsp3) is 0.300. The number of ether oxygens (including phenoxy) is 1. The number of halogens is 1. The molecule has 1 fully saturated rings. The van der Waals surface area contributed by atoms with E-state index in [2.05, 4.69) is 15.0 Å². The average Bonchev–Trinajstić information content (AvgIpc) is 2.72. The number of morpholine rings is 1. The summed E-state index contributed by atoms with van der Waals surface area (Å²) in [5, 5.41) is 19.9. The summed E-state index contributed by atoms with van der Waals surface area (Å²) in [5.41, 5.74) is 1.45. The molecule has 30 heavy (non-hydrogen) atoms. The second-order valence-corrected chi connectivity index (χ2v) is 7.06. The number of anilines is 2. The number of aromatic carboxylic acids is 1. The molecule has 2 aromatic heterocycles. The lowest BCUT2D eigenvalue weighted by molar-refractivity contribution is 0.0691. The topological polar surface area (TPSA) is 112 Å². The number of carbonyl (C=O) groups is 1. The largest absolute Gasteiger partial charge is 0.507 e. The van der Waals surface area contributed by atoms with Crippen molar-refractivity contribution in [3.63, 3.8) is 0 Å². The Hall–Kier alpha value is -3.53. The highest BCUT2D eigenvalue weighted by atomic mass is 19.1. The van der Waals surface area contributed by atoms with Crippen LogP contribution in [0.3, 0.4) is 0 Å². The first-order valence-corrected chi connectivity index (χ1v) is 9.30. The van der Waals surface area contributed by atoms with E-state index in [4.69, 9.17) is 4.74 Å². The van der Waals surface area contributed by atoms with Gasteiger partial charge in [-0.15, -0.1) is 0 Å². The Labute approximate surface area is 171 Å². The van der Waals surface area contributed by atoms with Gasteiger partial charge in [0, 0.05) is 38.8 Å². The van der Waals surface area contributed by atoms with E-state index < -0.39 is 11.8 Å². The van der Waals surface area contributed by atoms with Gasteiger partial charge in [-0.3, -0.25) is 0 Å². The average molecular weight is 413 g/mol. The minimum atomic E-state index is -1.20. The van der Waals surface area contributed by atoms with Crippen LogP contribution in [-0.4, -0.2) is 71.5 Å². The molecular formula is C20H20FN5O4. The lowest BCUT2D eigenvalue weighted by atomic mass is 10.1. The normalized spacial score (nSPS) is 14.2. The Morgan fingerprint density at radius 1 is 1.13 bits per heavy atom. The van der Waals surface area contributed by atoms with Crippen molar-refractivity contribution >= 4 is 28.6 Å². The molecule has 1 saturated heterocycles. The number of nitrogens with zero attached hydrogens (tertiary/aromatic N) is 5. The summed E-state index contributed by atoms with van der Waals surface area (Å²) in [6.07, 6.45) is 0. The Balaban J connectivity index is 2.06. The van der Waals surface area contributed by atoms with Crippen LogP contribution < -0.4 is 9.80 Å². The Bertz CT molecular complexity index is 1130. The molecule has 3 heterocycles. The van der Waals surface area contributed by atoms with Crippen LogP contribution >= 0.6 is 0 Å². The van der Waals surface area contributed by atoms with E-state index >= 15 is 0 Å². The molecule has 156 valence electrons. The van der Waals surface area contributed by atoms with Crippen molar-refractivity contribution in [1.29, 1.82) is 0 Å². The monoisotopic (exact) mass is 413 g/mol. The molecule has 1 aliphatic heterocycles. The number of hydrogen-bond acceptors (Lipinski definition) is 8. The van der Waals surface area contributed by atoms with Crippen LogP contribution in [-0.2, 0) is 4.74 Å². The number of fused-ring (bicyclic) bond motifs is 1. The first kappa shape index (κ1) is 19.8. The van der Waals surface area contributed by atoms with Gasteiger partial charge in [0.2, 0.25) is 5.95 Å². The smallest absolute Gasteiger partial charge is 0.354 e. The quantitative estimate of drug-likeness (QED) is 0.664. The summed E-state index contributed by atoms with van der Waals surface area (Å²) in [4.78, 5) is 28.8. The number of carboxylic acid groups (broad SMARTS) is 1. The van der Waals surface area contributed by atoms with E-state index in [-0.39, 0.29) is 28.2 Å². The van der Waals surface area contributed by atoms with Gasteiger partial charge >= 0.3 is 5.97 Å². The van der Waals surface area contributed by atoms with Gasteiger partial charge in [-0.1, -0.05) is 0 Å². The molecule has 0 radical (unpaired) electrons. The lowest BCUT2D eigenvalue weighted by Crippen LogP contribution is -2.37. The van der Waals surface area contributed by atoms with E-state index in [0.717, 1.165) is 6.07 Å². The molecule has 0 aliphatic carbocycles. The zero-order valence-electron chi connectivity index (χ0n) is 16.5. The number of hydrogen-bond donors (Lipinski definition) is 2. The lowest BCUT2D eigenvalue weighted by Gasteiger charge is -2.28. The first-order valence-electron chi connectivity index (χ1n) is 9.30. The standard InChI is InChI=1S/C20H20FN5O4/c1-25(2)14-10-13(19(28)29)22-18-16(12-4-3-11(21)9-15(12)27)23-20(24-17(14)18)26-5-7-30-8-6-26/h3-4,9-10,27H,5-8H2,1-2H3,(H,28,29). The summed E-state index contributed by atoms with van der Waals surface area (Å²) < 4.78 is 19.0. The third kappa shape index (κ3) is 3.57. The highest BCUT2D eigenvalue weighted by molar-refractivity contribution is 6.01. The van der Waals surface area contributed by atoms with Gasteiger partial charge in [0.1, 0.15) is 28.3 Å². The van der Waals surface area contributed by atoms with Crippen molar-refractivity contribution in [2.75, 3.05) is 50.2 Å². The zero-order chi connectivity index (χ0) is 21.4. The number of phenols is 1. The first-order chi connectivity index (χ1) is 14.3. The van der Waals surface area contributed by atoms with E-state index in [1.165, 1.54) is 18.2 Å². The van der Waals surface area contributed by atoms with Crippen molar-refractivity contribution in [3.8, 4) is 17.0 Å². The second-order valence-electron chi connectivity index (χ2n) is 7.06. The van der Waals surface area contributed by atoms with Crippen molar-refractivity contribution in [1.82, 2.24) is 15.0 Å². The number of benzene rings is 1. The molecule has 1 aromatic carbocycles. The predicted octanol–water partition coefficient (Wildman–Crippen LogP) is 2.14. The molecule has 0 amide bonds. The van der Waals surface area contributed by atoms with Crippen LogP contribution in [0.15, 0.2) is 24.3 Å². The third-order valence-corrected chi connectivity index (χ3v) is 4.83. The molecule has 2 N–H and O–H groups in total. The van der Waals surface area contributed by atoms with E-state index in [1.807, 2.05) is 4.90 Å².